The molecule has 0 unspecified atom stereocenters. The van der Waals surface area contributed by atoms with Crippen LogP contribution in [0.4, 0.5) is 5.95 Å². The van der Waals surface area contributed by atoms with Crippen LogP contribution in [-0.4, -0.2) is 66.1 Å². The van der Waals surface area contributed by atoms with Crippen LogP contribution in [0, 0.1) is 0 Å². The minimum atomic E-state index is -0.757. The molecule has 0 aliphatic carbocycles. The van der Waals surface area contributed by atoms with Gasteiger partial charge in [0.1, 0.15) is 0 Å². The molecule has 114 valence electrons. The van der Waals surface area contributed by atoms with Crippen molar-refractivity contribution in [3.63, 3.8) is 0 Å². The van der Waals surface area contributed by atoms with Crippen molar-refractivity contribution in [2.75, 3.05) is 44.7 Å². The molecule has 1 saturated heterocycles. The molecule has 2 rings (SSSR count). The van der Waals surface area contributed by atoms with Gasteiger partial charge >= 0.3 is 11.8 Å². The Labute approximate surface area is 122 Å². The van der Waals surface area contributed by atoms with E-state index in [4.69, 9.17) is 4.74 Å². The Balaban J connectivity index is 1.61. The monoisotopic (exact) mass is 293 g/mol. The van der Waals surface area contributed by atoms with Gasteiger partial charge in [0.2, 0.25) is 5.95 Å². The number of ether oxygens (including phenoxy) is 1. The largest absolute Gasteiger partial charge is 0.379 e. The van der Waals surface area contributed by atoms with Crippen molar-refractivity contribution in [1.29, 1.82) is 0 Å². The van der Waals surface area contributed by atoms with E-state index in [0.29, 0.717) is 6.54 Å². The number of hydrogen-bond donors (Lipinski definition) is 2. The number of aromatic nitrogens is 2. The maximum atomic E-state index is 11.6. The summed E-state index contributed by atoms with van der Waals surface area (Å²) in [6.07, 6.45) is 3.77. The Kier molecular flexibility index (Phi) is 6.04. The molecule has 8 nitrogen and oxygen atoms in total. The molecule has 1 aliphatic heterocycles. The number of carbonyl (C=O) groups excluding carboxylic acids is 2. The van der Waals surface area contributed by atoms with E-state index in [2.05, 4.69) is 25.5 Å². The summed E-state index contributed by atoms with van der Waals surface area (Å²) in [5.74, 6) is -1.32. The Hall–Kier alpha value is -2.06. The number of nitrogens with one attached hydrogen (secondary N) is 2. The van der Waals surface area contributed by atoms with Gasteiger partial charge in [-0.15, -0.1) is 0 Å². The Morgan fingerprint density at radius 1 is 1.19 bits per heavy atom. The van der Waals surface area contributed by atoms with Gasteiger partial charge in [0.05, 0.1) is 13.2 Å². The third-order valence-electron chi connectivity index (χ3n) is 3.04. The van der Waals surface area contributed by atoms with Crippen LogP contribution in [0.3, 0.4) is 0 Å². The van der Waals surface area contributed by atoms with E-state index in [-0.39, 0.29) is 5.95 Å². The predicted molar refractivity (Wildman–Crippen MR) is 75.5 cm³/mol. The van der Waals surface area contributed by atoms with Crippen LogP contribution in [-0.2, 0) is 14.3 Å². The number of hydrogen-bond acceptors (Lipinski definition) is 6. The lowest BCUT2D eigenvalue weighted by Crippen LogP contribution is -2.40. The summed E-state index contributed by atoms with van der Waals surface area (Å²) in [5, 5.41) is 4.91. The molecular weight excluding hydrogens is 274 g/mol. The van der Waals surface area contributed by atoms with Crippen LogP contribution in [0.2, 0.25) is 0 Å². The molecule has 2 amide bonds. The SMILES string of the molecule is O=C(NCCCN1CCOCC1)C(=O)Nc1ncccn1. The highest BCUT2D eigenvalue weighted by Crippen LogP contribution is 1.97. The van der Waals surface area contributed by atoms with E-state index >= 15 is 0 Å². The van der Waals surface area contributed by atoms with Gasteiger partial charge in [-0.3, -0.25) is 19.8 Å². The van der Waals surface area contributed by atoms with Gasteiger partial charge in [0.25, 0.3) is 0 Å². The van der Waals surface area contributed by atoms with Crippen LogP contribution in [0.1, 0.15) is 6.42 Å². The van der Waals surface area contributed by atoms with E-state index in [9.17, 15) is 9.59 Å². The van der Waals surface area contributed by atoms with Gasteiger partial charge in [-0.1, -0.05) is 0 Å². The molecule has 0 spiro atoms. The van der Waals surface area contributed by atoms with Crippen molar-refractivity contribution in [2.45, 2.75) is 6.42 Å². The topological polar surface area (TPSA) is 96.5 Å². The average molecular weight is 293 g/mol. The van der Waals surface area contributed by atoms with Crippen molar-refractivity contribution in [2.24, 2.45) is 0 Å². The lowest BCUT2D eigenvalue weighted by molar-refractivity contribution is -0.136. The number of carbonyl (C=O) groups is 2. The van der Waals surface area contributed by atoms with E-state index in [1.54, 1.807) is 6.07 Å². The van der Waals surface area contributed by atoms with Crippen LogP contribution in [0.25, 0.3) is 0 Å². The third-order valence-corrected chi connectivity index (χ3v) is 3.04. The van der Waals surface area contributed by atoms with Crippen molar-refractivity contribution in [3.8, 4) is 0 Å². The lowest BCUT2D eigenvalue weighted by atomic mass is 10.3. The molecule has 1 aliphatic rings. The van der Waals surface area contributed by atoms with E-state index in [0.717, 1.165) is 39.3 Å². The minimum absolute atomic E-state index is 0.117. The lowest BCUT2D eigenvalue weighted by Gasteiger charge is -2.26. The average Bonchev–Trinajstić information content (AvgIpc) is 2.53. The summed E-state index contributed by atoms with van der Waals surface area (Å²) in [7, 11) is 0. The molecule has 2 heterocycles. The van der Waals surface area contributed by atoms with Gasteiger partial charge in [-0.05, 0) is 19.0 Å². The fourth-order valence-electron chi connectivity index (χ4n) is 1.93. The van der Waals surface area contributed by atoms with Gasteiger partial charge in [-0.25, -0.2) is 9.97 Å². The zero-order chi connectivity index (χ0) is 14.9. The first-order chi connectivity index (χ1) is 10.3. The third kappa shape index (κ3) is 5.44. The summed E-state index contributed by atoms with van der Waals surface area (Å²) in [5.41, 5.74) is 0. The van der Waals surface area contributed by atoms with E-state index in [1.807, 2.05) is 0 Å². The highest BCUT2D eigenvalue weighted by Gasteiger charge is 2.14. The maximum Gasteiger partial charge on any atom is 0.316 e. The normalized spacial score (nSPS) is 15.4. The smallest absolute Gasteiger partial charge is 0.316 e. The fraction of sp³-hybridized carbons (Fsp3) is 0.538. The maximum absolute atomic E-state index is 11.6. The minimum Gasteiger partial charge on any atom is -0.379 e. The molecule has 0 aromatic carbocycles. The highest BCUT2D eigenvalue weighted by atomic mass is 16.5. The molecule has 0 bridgehead atoms. The fourth-order valence-corrected chi connectivity index (χ4v) is 1.93. The molecule has 21 heavy (non-hydrogen) atoms. The second kappa shape index (κ2) is 8.28. The number of morpholine rings is 1. The first-order valence-corrected chi connectivity index (χ1v) is 6.92. The molecular formula is C13H19N5O3. The number of nitrogens with zero attached hydrogens (tertiary/aromatic N) is 3. The van der Waals surface area contributed by atoms with Crippen molar-refractivity contribution >= 4 is 17.8 Å². The number of rotatable bonds is 5. The Morgan fingerprint density at radius 2 is 1.90 bits per heavy atom. The summed E-state index contributed by atoms with van der Waals surface area (Å²) in [6.45, 7) is 4.68. The summed E-state index contributed by atoms with van der Waals surface area (Å²) >= 11 is 0. The standard InChI is InChI=1S/C13H19N5O3/c19-11(12(20)17-13-15-3-1-4-16-13)14-5-2-6-18-7-9-21-10-8-18/h1,3-4H,2,5-10H2,(H,14,19)(H,15,16,17,20). The quantitative estimate of drug-likeness (QED) is 0.548. The molecule has 0 saturated carbocycles. The summed E-state index contributed by atoms with van der Waals surface area (Å²) < 4.78 is 5.26. The highest BCUT2D eigenvalue weighted by molar-refractivity contribution is 6.39. The second-order valence-electron chi connectivity index (χ2n) is 4.59. The number of amides is 2. The van der Waals surface area contributed by atoms with Crippen LogP contribution in [0.15, 0.2) is 18.5 Å². The van der Waals surface area contributed by atoms with E-state index < -0.39 is 11.8 Å². The molecule has 1 fully saturated rings. The van der Waals surface area contributed by atoms with Gasteiger partial charge in [0.15, 0.2) is 0 Å². The zero-order valence-electron chi connectivity index (χ0n) is 11.7. The molecule has 1 aromatic heterocycles. The van der Waals surface area contributed by atoms with Crippen LogP contribution < -0.4 is 10.6 Å². The molecule has 8 heteroatoms. The zero-order valence-corrected chi connectivity index (χ0v) is 11.7. The molecule has 1 aromatic rings. The van der Waals surface area contributed by atoms with Crippen molar-refractivity contribution in [1.82, 2.24) is 20.2 Å². The van der Waals surface area contributed by atoms with E-state index in [1.165, 1.54) is 12.4 Å². The Bertz CT molecular complexity index is 462. The van der Waals surface area contributed by atoms with Gasteiger partial charge < -0.3 is 10.1 Å². The van der Waals surface area contributed by atoms with Gasteiger partial charge in [0, 0.05) is 32.0 Å². The Morgan fingerprint density at radius 3 is 2.62 bits per heavy atom. The molecule has 0 atom stereocenters. The van der Waals surface area contributed by atoms with Gasteiger partial charge in [-0.2, -0.15) is 0 Å². The van der Waals surface area contributed by atoms with Crippen LogP contribution >= 0.6 is 0 Å². The first-order valence-electron chi connectivity index (χ1n) is 6.92. The summed E-state index contributed by atoms with van der Waals surface area (Å²) in [6, 6.07) is 1.63. The van der Waals surface area contributed by atoms with Crippen molar-refractivity contribution < 1.29 is 14.3 Å². The summed E-state index contributed by atoms with van der Waals surface area (Å²) in [4.78, 5) is 33.1. The second-order valence-corrected chi connectivity index (χ2v) is 4.59. The van der Waals surface area contributed by atoms with Crippen LogP contribution in [0.5, 0.6) is 0 Å². The molecule has 0 radical (unpaired) electrons. The van der Waals surface area contributed by atoms with Crippen molar-refractivity contribution in [3.05, 3.63) is 18.5 Å². The predicted octanol–water partition coefficient (Wildman–Crippen LogP) is -0.746. The number of anilines is 1. The first kappa shape index (κ1) is 15.3. The molecule has 2 N–H and O–H groups in total.